The third-order valence-corrected chi connectivity index (χ3v) is 8.18. The molecule has 0 saturated carbocycles. The van der Waals surface area contributed by atoms with Gasteiger partial charge in [-0.15, -0.1) is 11.8 Å². The van der Waals surface area contributed by atoms with Gasteiger partial charge in [-0.2, -0.15) is 0 Å². The number of methoxy groups -OCH3 is 1. The van der Waals surface area contributed by atoms with Crippen LogP contribution in [0.5, 0.6) is 5.75 Å². The maximum Gasteiger partial charge on any atom is 0.264 e. The van der Waals surface area contributed by atoms with Crippen molar-refractivity contribution in [3.8, 4) is 5.75 Å². The summed E-state index contributed by atoms with van der Waals surface area (Å²) in [5.41, 5.74) is 1.19. The van der Waals surface area contributed by atoms with Gasteiger partial charge in [0.2, 0.25) is 5.91 Å². The Bertz CT molecular complexity index is 1230. The zero-order valence-corrected chi connectivity index (χ0v) is 21.8. The summed E-state index contributed by atoms with van der Waals surface area (Å²) in [6.07, 6.45) is 0. The van der Waals surface area contributed by atoms with Crippen LogP contribution in [-0.2, 0) is 14.8 Å². The smallest absolute Gasteiger partial charge is 0.264 e. The Labute approximate surface area is 214 Å². The van der Waals surface area contributed by atoms with Gasteiger partial charge in [0, 0.05) is 22.2 Å². The summed E-state index contributed by atoms with van der Waals surface area (Å²) in [5, 5.41) is 3.68. The van der Waals surface area contributed by atoms with E-state index in [1.165, 1.54) is 25.3 Å². The van der Waals surface area contributed by atoms with Crippen molar-refractivity contribution in [1.29, 1.82) is 0 Å². The monoisotopic (exact) mass is 538 g/mol. The second-order valence-electron chi connectivity index (χ2n) is 7.30. The predicted octanol–water partition coefficient (Wildman–Crippen LogP) is 5.41. The molecule has 34 heavy (non-hydrogen) atoms. The number of hydrogen-bond acceptors (Lipinski definition) is 5. The molecule has 6 nitrogen and oxygen atoms in total. The number of nitrogens with one attached hydrogen (secondary N) is 1. The minimum atomic E-state index is -4.02. The summed E-state index contributed by atoms with van der Waals surface area (Å²) in [6.45, 7) is 1.84. The third kappa shape index (κ3) is 6.82. The van der Waals surface area contributed by atoms with Gasteiger partial charge in [0.1, 0.15) is 12.3 Å². The van der Waals surface area contributed by atoms with Crippen LogP contribution in [0.1, 0.15) is 5.56 Å². The average molecular weight is 540 g/mol. The van der Waals surface area contributed by atoms with Crippen molar-refractivity contribution in [2.75, 3.05) is 30.3 Å². The zero-order chi connectivity index (χ0) is 24.7. The Hall–Kier alpha value is -2.39. The van der Waals surface area contributed by atoms with Crippen LogP contribution in [0.25, 0.3) is 0 Å². The summed E-state index contributed by atoms with van der Waals surface area (Å²) in [6, 6.07) is 18.4. The molecule has 0 fully saturated rings. The SMILES string of the molecule is COc1ccc(N(CC(=O)NCCSc2ccc(Cl)cc2)S(=O)(=O)c2ccc(C)cc2)cc1Cl. The number of hydrogen-bond donors (Lipinski definition) is 1. The van der Waals surface area contributed by atoms with Gasteiger partial charge in [0.15, 0.2) is 0 Å². The second kappa shape index (κ2) is 11.8. The highest BCUT2D eigenvalue weighted by atomic mass is 35.5. The Morgan fingerprint density at radius 1 is 1.03 bits per heavy atom. The molecular formula is C24H24Cl2N2O4S2. The standard InChI is InChI=1S/C24H24Cl2N2O4S2/c1-17-3-10-21(11-4-17)34(30,31)28(19-7-12-23(32-2)22(26)15-19)16-24(29)27-13-14-33-20-8-5-18(25)6-9-20/h3-12,15H,13-14,16H2,1-2H3,(H,27,29). The lowest BCUT2D eigenvalue weighted by molar-refractivity contribution is -0.119. The lowest BCUT2D eigenvalue weighted by atomic mass is 10.2. The van der Waals surface area contributed by atoms with Crippen LogP contribution in [0, 0.1) is 6.92 Å². The Morgan fingerprint density at radius 2 is 1.71 bits per heavy atom. The molecule has 0 heterocycles. The number of carbonyl (C=O) groups excluding carboxylic acids is 1. The van der Waals surface area contributed by atoms with Gasteiger partial charge in [-0.1, -0.05) is 40.9 Å². The van der Waals surface area contributed by atoms with E-state index in [-0.39, 0.29) is 15.6 Å². The first-order valence-electron chi connectivity index (χ1n) is 10.3. The van der Waals surface area contributed by atoms with E-state index >= 15 is 0 Å². The van der Waals surface area contributed by atoms with Gasteiger partial charge >= 0.3 is 0 Å². The normalized spacial score (nSPS) is 11.2. The summed E-state index contributed by atoms with van der Waals surface area (Å²) in [5.74, 6) is 0.591. The lowest BCUT2D eigenvalue weighted by Crippen LogP contribution is -2.41. The van der Waals surface area contributed by atoms with Crippen molar-refractivity contribution in [3.05, 3.63) is 82.3 Å². The number of nitrogens with zero attached hydrogens (tertiary/aromatic N) is 1. The molecule has 180 valence electrons. The van der Waals surface area contributed by atoms with E-state index in [4.69, 9.17) is 27.9 Å². The molecule has 0 aliphatic heterocycles. The van der Waals surface area contributed by atoms with E-state index in [1.54, 1.807) is 48.2 Å². The number of benzene rings is 3. The molecule has 1 N–H and O–H groups in total. The maximum atomic E-state index is 13.4. The van der Waals surface area contributed by atoms with Crippen molar-refractivity contribution in [2.24, 2.45) is 0 Å². The largest absolute Gasteiger partial charge is 0.495 e. The van der Waals surface area contributed by atoms with Crippen LogP contribution in [0.4, 0.5) is 5.69 Å². The summed E-state index contributed by atoms with van der Waals surface area (Å²) in [4.78, 5) is 13.8. The third-order valence-electron chi connectivity index (χ3n) is 4.83. The number of rotatable bonds is 10. The first kappa shape index (κ1) is 26.2. The molecule has 0 aliphatic carbocycles. The molecule has 0 spiro atoms. The second-order valence-corrected chi connectivity index (χ2v) is 11.2. The first-order valence-corrected chi connectivity index (χ1v) is 13.5. The molecule has 0 radical (unpaired) electrons. The molecule has 10 heteroatoms. The van der Waals surface area contributed by atoms with Crippen LogP contribution in [0.2, 0.25) is 10.0 Å². The van der Waals surface area contributed by atoms with Crippen molar-refractivity contribution in [1.82, 2.24) is 5.32 Å². The fourth-order valence-electron chi connectivity index (χ4n) is 3.04. The average Bonchev–Trinajstić information content (AvgIpc) is 2.81. The number of thioether (sulfide) groups is 1. The fourth-order valence-corrected chi connectivity index (χ4v) is 5.60. The molecule has 0 aromatic heterocycles. The maximum absolute atomic E-state index is 13.4. The van der Waals surface area contributed by atoms with Crippen LogP contribution >= 0.6 is 35.0 Å². The predicted molar refractivity (Wildman–Crippen MR) is 139 cm³/mol. The minimum Gasteiger partial charge on any atom is -0.495 e. The van der Waals surface area contributed by atoms with Crippen LogP contribution in [-0.4, -0.2) is 40.3 Å². The highest BCUT2D eigenvalue weighted by molar-refractivity contribution is 7.99. The first-order chi connectivity index (χ1) is 16.2. The van der Waals surface area contributed by atoms with Gasteiger partial charge in [0.05, 0.1) is 22.7 Å². The number of halogens is 2. The van der Waals surface area contributed by atoms with Crippen LogP contribution < -0.4 is 14.4 Å². The molecule has 3 rings (SSSR count). The van der Waals surface area contributed by atoms with Gasteiger partial charge in [-0.25, -0.2) is 8.42 Å². The number of sulfonamides is 1. The van der Waals surface area contributed by atoms with E-state index in [0.717, 1.165) is 14.8 Å². The van der Waals surface area contributed by atoms with Gasteiger partial charge in [-0.3, -0.25) is 9.10 Å². The molecule has 3 aromatic rings. The van der Waals surface area contributed by atoms with Gasteiger partial charge < -0.3 is 10.1 Å². The number of anilines is 1. The topological polar surface area (TPSA) is 75.7 Å². The fraction of sp³-hybridized carbons (Fsp3) is 0.208. The van der Waals surface area contributed by atoms with Crippen molar-refractivity contribution in [3.63, 3.8) is 0 Å². The molecule has 0 bridgehead atoms. The van der Waals surface area contributed by atoms with E-state index in [1.807, 2.05) is 19.1 Å². The van der Waals surface area contributed by atoms with Crippen LogP contribution in [0.15, 0.2) is 76.5 Å². The summed E-state index contributed by atoms with van der Waals surface area (Å²) >= 11 is 13.7. The highest BCUT2D eigenvalue weighted by Gasteiger charge is 2.27. The van der Waals surface area contributed by atoms with E-state index in [2.05, 4.69) is 5.32 Å². The Balaban J connectivity index is 1.75. The summed E-state index contributed by atoms with van der Waals surface area (Å²) in [7, 11) is -2.56. The number of carbonyl (C=O) groups is 1. The van der Waals surface area contributed by atoms with Crippen LogP contribution in [0.3, 0.4) is 0 Å². The molecule has 0 unspecified atom stereocenters. The summed E-state index contributed by atoms with van der Waals surface area (Å²) < 4.78 is 33.1. The van der Waals surface area contributed by atoms with Gasteiger partial charge in [-0.05, 0) is 61.5 Å². The van der Waals surface area contributed by atoms with E-state index < -0.39 is 22.5 Å². The molecule has 0 aliphatic rings. The quantitative estimate of drug-likeness (QED) is 0.275. The number of amides is 1. The zero-order valence-electron chi connectivity index (χ0n) is 18.6. The number of aryl methyl sites for hydroxylation is 1. The highest BCUT2D eigenvalue weighted by Crippen LogP contribution is 2.32. The van der Waals surface area contributed by atoms with Gasteiger partial charge in [0.25, 0.3) is 10.0 Å². The number of ether oxygens (including phenoxy) is 1. The molecule has 0 atom stereocenters. The van der Waals surface area contributed by atoms with Crippen molar-refractivity contribution in [2.45, 2.75) is 16.7 Å². The van der Waals surface area contributed by atoms with E-state index in [9.17, 15) is 13.2 Å². The molecule has 3 aromatic carbocycles. The molecule has 1 amide bonds. The Kier molecular flexibility index (Phi) is 9.13. The lowest BCUT2D eigenvalue weighted by Gasteiger charge is -2.24. The van der Waals surface area contributed by atoms with Crippen molar-refractivity contribution >= 4 is 56.6 Å². The molecule has 0 saturated heterocycles. The Morgan fingerprint density at radius 3 is 2.32 bits per heavy atom. The minimum absolute atomic E-state index is 0.0798. The molecular weight excluding hydrogens is 515 g/mol. The van der Waals surface area contributed by atoms with E-state index in [0.29, 0.717) is 23.1 Å². The van der Waals surface area contributed by atoms with Crippen molar-refractivity contribution < 1.29 is 17.9 Å².